The zero-order valence-corrected chi connectivity index (χ0v) is 11.3. The van der Waals surface area contributed by atoms with Crippen LogP contribution in [-0.2, 0) is 13.1 Å². The third-order valence-corrected chi connectivity index (χ3v) is 3.25. The molecule has 0 aliphatic rings. The number of nitrogens with zero attached hydrogens (tertiary/aromatic N) is 3. The third kappa shape index (κ3) is 3.64. The molecule has 0 saturated carbocycles. The lowest BCUT2D eigenvalue weighted by atomic mass is 10.1. The van der Waals surface area contributed by atoms with E-state index in [9.17, 15) is 0 Å². The van der Waals surface area contributed by atoms with E-state index < -0.39 is 0 Å². The molecular weight excluding hydrogens is 280 g/mol. The highest BCUT2D eigenvalue weighted by Gasteiger charge is 1.99. The number of benzene rings is 1. The molecule has 17 heavy (non-hydrogen) atoms. The SMILES string of the molecule is Cc1ccc(CNCCn2ccnn2)c(Br)c1. The van der Waals surface area contributed by atoms with E-state index in [2.05, 4.69) is 56.7 Å². The predicted octanol–water partition coefficient (Wildman–Crippen LogP) is 2.14. The molecule has 0 amide bonds. The fourth-order valence-electron chi connectivity index (χ4n) is 1.56. The number of rotatable bonds is 5. The topological polar surface area (TPSA) is 42.7 Å². The van der Waals surface area contributed by atoms with E-state index in [1.807, 2.05) is 10.9 Å². The minimum Gasteiger partial charge on any atom is -0.311 e. The molecular formula is C12H15BrN4. The molecule has 1 aromatic carbocycles. The Morgan fingerprint density at radius 1 is 1.41 bits per heavy atom. The minimum atomic E-state index is 0.837. The summed E-state index contributed by atoms with van der Waals surface area (Å²) in [5.74, 6) is 0. The van der Waals surface area contributed by atoms with Gasteiger partial charge in [0.1, 0.15) is 0 Å². The Morgan fingerprint density at radius 2 is 2.29 bits per heavy atom. The van der Waals surface area contributed by atoms with Crippen molar-refractivity contribution in [1.82, 2.24) is 20.3 Å². The molecule has 0 spiro atoms. The van der Waals surface area contributed by atoms with Crippen LogP contribution in [0.4, 0.5) is 0 Å². The van der Waals surface area contributed by atoms with E-state index in [-0.39, 0.29) is 0 Å². The maximum atomic E-state index is 3.91. The largest absolute Gasteiger partial charge is 0.311 e. The van der Waals surface area contributed by atoms with E-state index >= 15 is 0 Å². The molecule has 4 nitrogen and oxygen atoms in total. The van der Waals surface area contributed by atoms with Crippen LogP contribution in [0, 0.1) is 6.92 Å². The van der Waals surface area contributed by atoms with Crippen LogP contribution in [0.3, 0.4) is 0 Å². The van der Waals surface area contributed by atoms with E-state index in [4.69, 9.17) is 0 Å². The van der Waals surface area contributed by atoms with Crippen molar-refractivity contribution >= 4 is 15.9 Å². The van der Waals surface area contributed by atoms with Crippen LogP contribution >= 0.6 is 15.9 Å². The smallest absolute Gasteiger partial charge is 0.0692 e. The van der Waals surface area contributed by atoms with Crippen LogP contribution in [-0.4, -0.2) is 21.5 Å². The lowest BCUT2D eigenvalue weighted by Crippen LogP contribution is -2.20. The lowest BCUT2D eigenvalue weighted by molar-refractivity contribution is 0.540. The highest BCUT2D eigenvalue weighted by molar-refractivity contribution is 9.10. The summed E-state index contributed by atoms with van der Waals surface area (Å²) in [5.41, 5.74) is 2.54. The first kappa shape index (κ1) is 12.3. The van der Waals surface area contributed by atoms with E-state index in [0.29, 0.717) is 0 Å². The Labute approximate surface area is 109 Å². The maximum Gasteiger partial charge on any atom is 0.0692 e. The first-order chi connectivity index (χ1) is 8.25. The second kappa shape index (κ2) is 5.93. The van der Waals surface area contributed by atoms with Gasteiger partial charge in [-0.3, -0.25) is 4.68 Å². The standard InChI is InChI=1S/C12H15BrN4/c1-10-2-3-11(12(13)8-10)9-14-4-6-17-7-5-15-16-17/h2-3,5,7-8,14H,4,6,9H2,1H3. The zero-order valence-electron chi connectivity index (χ0n) is 9.73. The molecule has 0 saturated heterocycles. The second-order valence-electron chi connectivity index (χ2n) is 3.94. The summed E-state index contributed by atoms with van der Waals surface area (Å²) < 4.78 is 2.97. The van der Waals surface area contributed by atoms with Gasteiger partial charge in [-0.05, 0) is 24.1 Å². The highest BCUT2D eigenvalue weighted by Crippen LogP contribution is 2.17. The molecule has 0 aliphatic heterocycles. The first-order valence-electron chi connectivity index (χ1n) is 5.55. The Morgan fingerprint density at radius 3 is 3.00 bits per heavy atom. The maximum absolute atomic E-state index is 3.91. The molecule has 0 atom stereocenters. The van der Waals surface area contributed by atoms with Crippen molar-refractivity contribution in [1.29, 1.82) is 0 Å². The van der Waals surface area contributed by atoms with Crippen molar-refractivity contribution in [2.75, 3.05) is 6.54 Å². The van der Waals surface area contributed by atoms with Crippen LogP contribution in [0.15, 0.2) is 35.1 Å². The minimum absolute atomic E-state index is 0.837. The van der Waals surface area contributed by atoms with Crippen LogP contribution in [0.1, 0.15) is 11.1 Å². The fraction of sp³-hybridized carbons (Fsp3) is 0.333. The molecule has 0 unspecified atom stereocenters. The second-order valence-corrected chi connectivity index (χ2v) is 4.79. The molecule has 0 aliphatic carbocycles. The third-order valence-electron chi connectivity index (χ3n) is 2.51. The number of aromatic nitrogens is 3. The summed E-state index contributed by atoms with van der Waals surface area (Å²) in [6.45, 7) is 4.66. The predicted molar refractivity (Wildman–Crippen MR) is 70.6 cm³/mol. The lowest BCUT2D eigenvalue weighted by Gasteiger charge is -2.07. The van der Waals surface area contributed by atoms with Crippen LogP contribution in [0.2, 0.25) is 0 Å². The summed E-state index contributed by atoms with van der Waals surface area (Å²) in [5, 5.41) is 11.0. The van der Waals surface area contributed by atoms with Crippen LogP contribution in [0.25, 0.3) is 0 Å². The molecule has 90 valence electrons. The van der Waals surface area contributed by atoms with Gasteiger partial charge in [-0.1, -0.05) is 33.3 Å². The summed E-state index contributed by atoms with van der Waals surface area (Å²) in [6, 6.07) is 6.40. The van der Waals surface area contributed by atoms with Crippen molar-refractivity contribution in [2.24, 2.45) is 0 Å². The van der Waals surface area contributed by atoms with Gasteiger partial charge in [-0.2, -0.15) is 0 Å². The number of aryl methyl sites for hydroxylation is 1. The van der Waals surface area contributed by atoms with Gasteiger partial charge in [0.25, 0.3) is 0 Å². The summed E-state index contributed by atoms with van der Waals surface area (Å²) >= 11 is 3.57. The summed E-state index contributed by atoms with van der Waals surface area (Å²) in [6.07, 6.45) is 3.56. The van der Waals surface area contributed by atoms with Gasteiger partial charge in [0.05, 0.1) is 12.7 Å². The normalized spacial score (nSPS) is 10.7. The van der Waals surface area contributed by atoms with Gasteiger partial charge in [0.15, 0.2) is 0 Å². The molecule has 0 fully saturated rings. The molecule has 0 bridgehead atoms. The van der Waals surface area contributed by atoms with Crippen molar-refractivity contribution in [3.05, 3.63) is 46.2 Å². The average molecular weight is 295 g/mol. The molecule has 0 radical (unpaired) electrons. The van der Waals surface area contributed by atoms with Gasteiger partial charge in [0, 0.05) is 23.8 Å². The monoisotopic (exact) mass is 294 g/mol. The molecule has 2 aromatic rings. The Hall–Kier alpha value is -1.20. The number of hydrogen-bond donors (Lipinski definition) is 1. The molecule has 2 rings (SSSR count). The molecule has 1 aromatic heterocycles. The summed E-state index contributed by atoms with van der Waals surface area (Å²) in [4.78, 5) is 0. The van der Waals surface area contributed by atoms with E-state index in [0.717, 1.165) is 24.1 Å². The van der Waals surface area contributed by atoms with Crippen molar-refractivity contribution < 1.29 is 0 Å². The number of halogens is 1. The Balaban J connectivity index is 1.78. The van der Waals surface area contributed by atoms with Gasteiger partial charge in [-0.15, -0.1) is 5.10 Å². The van der Waals surface area contributed by atoms with Gasteiger partial charge >= 0.3 is 0 Å². The van der Waals surface area contributed by atoms with Gasteiger partial charge < -0.3 is 5.32 Å². The Kier molecular flexibility index (Phi) is 4.28. The molecule has 1 N–H and O–H groups in total. The van der Waals surface area contributed by atoms with E-state index in [1.54, 1.807) is 6.20 Å². The van der Waals surface area contributed by atoms with Crippen LogP contribution in [0.5, 0.6) is 0 Å². The van der Waals surface area contributed by atoms with Crippen molar-refractivity contribution in [3.63, 3.8) is 0 Å². The molecule has 5 heteroatoms. The van der Waals surface area contributed by atoms with Gasteiger partial charge in [-0.25, -0.2) is 0 Å². The van der Waals surface area contributed by atoms with Gasteiger partial charge in [0.2, 0.25) is 0 Å². The summed E-state index contributed by atoms with van der Waals surface area (Å²) in [7, 11) is 0. The quantitative estimate of drug-likeness (QED) is 0.859. The molecule has 1 heterocycles. The van der Waals surface area contributed by atoms with Crippen LogP contribution < -0.4 is 5.32 Å². The van der Waals surface area contributed by atoms with Crippen molar-refractivity contribution in [2.45, 2.75) is 20.0 Å². The first-order valence-corrected chi connectivity index (χ1v) is 6.35. The number of hydrogen-bond acceptors (Lipinski definition) is 3. The van der Waals surface area contributed by atoms with Crippen molar-refractivity contribution in [3.8, 4) is 0 Å². The Bertz CT molecular complexity index is 467. The fourth-order valence-corrected chi connectivity index (χ4v) is 2.20. The zero-order chi connectivity index (χ0) is 12.1. The highest BCUT2D eigenvalue weighted by atomic mass is 79.9. The van der Waals surface area contributed by atoms with E-state index in [1.165, 1.54) is 11.1 Å². The number of nitrogens with one attached hydrogen (secondary N) is 1. The average Bonchev–Trinajstić information content (AvgIpc) is 2.79.